The summed E-state index contributed by atoms with van der Waals surface area (Å²) in [4.78, 5) is 26.4. The minimum atomic E-state index is -0.430. The van der Waals surface area contributed by atoms with Crippen molar-refractivity contribution in [3.63, 3.8) is 0 Å². The lowest BCUT2D eigenvalue weighted by Gasteiger charge is -2.26. The SMILES string of the molecule is C/C(=N/NC(=O)c1ccc(C(=O)NN2CCCCC2)s1)c1csc(-c2ccc(Cl)c(Cl)c2)c1O. The van der Waals surface area contributed by atoms with E-state index in [0.29, 0.717) is 36.0 Å². The number of halogens is 2. The van der Waals surface area contributed by atoms with E-state index in [1.807, 2.05) is 5.01 Å². The number of nitrogens with zero attached hydrogens (tertiary/aromatic N) is 2. The van der Waals surface area contributed by atoms with Crippen LogP contribution in [0.15, 0.2) is 40.8 Å². The molecule has 34 heavy (non-hydrogen) atoms. The Kier molecular flexibility index (Phi) is 7.90. The van der Waals surface area contributed by atoms with Crippen molar-refractivity contribution in [2.45, 2.75) is 26.2 Å². The summed E-state index contributed by atoms with van der Waals surface area (Å²) in [5.74, 6) is -0.601. The van der Waals surface area contributed by atoms with Gasteiger partial charge in [0, 0.05) is 18.5 Å². The summed E-state index contributed by atoms with van der Waals surface area (Å²) >= 11 is 14.5. The average molecular weight is 537 g/mol. The molecule has 3 heterocycles. The van der Waals surface area contributed by atoms with Gasteiger partial charge in [-0.05, 0) is 49.6 Å². The number of carbonyl (C=O) groups is 2. The molecule has 2 amide bonds. The third-order valence-corrected chi connectivity index (χ3v) is 8.17. The predicted octanol–water partition coefficient (Wildman–Crippen LogP) is 5.77. The number of hydrogen-bond acceptors (Lipinski definition) is 7. The molecule has 0 unspecified atom stereocenters. The zero-order chi connectivity index (χ0) is 24.2. The van der Waals surface area contributed by atoms with Gasteiger partial charge in [0.15, 0.2) is 0 Å². The molecule has 3 aromatic rings. The highest BCUT2D eigenvalue weighted by atomic mass is 35.5. The smallest absolute Gasteiger partial charge is 0.281 e. The Labute approximate surface area is 215 Å². The number of piperidine rings is 1. The van der Waals surface area contributed by atoms with Gasteiger partial charge >= 0.3 is 0 Å². The van der Waals surface area contributed by atoms with Crippen molar-refractivity contribution in [3.05, 3.63) is 61.1 Å². The van der Waals surface area contributed by atoms with Gasteiger partial charge in [0.2, 0.25) is 0 Å². The van der Waals surface area contributed by atoms with Gasteiger partial charge < -0.3 is 5.11 Å². The average Bonchev–Trinajstić information content (AvgIpc) is 3.47. The van der Waals surface area contributed by atoms with Crippen LogP contribution in [0.3, 0.4) is 0 Å². The third-order valence-electron chi connectivity index (χ3n) is 5.33. The molecule has 3 N–H and O–H groups in total. The predicted molar refractivity (Wildman–Crippen MR) is 138 cm³/mol. The quantitative estimate of drug-likeness (QED) is 0.275. The first-order chi connectivity index (χ1) is 16.3. The fourth-order valence-corrected chi connectivity index (χ4v) is 5.57. The maximum Gasteiger partial charge on any atom is 0.281 e. The third kappa shape index (κ3) is 5.61. The molecule has 178 valence electrons. The van der Waals surface area contributed by atoms with Crippen molar-refractivity contribution in [1.82, 2.24) is 15.9 Å². The van der Waals surface area contributed by atoms with Crippen LogP contribution in [0.2, 0.25) is 10.0 Å². The molecule has 1 aliphatic rings. The molecule has 2 aromatic heterocycles. The second-order valence-corrected chi connectivity index (χ2v) is 10.5. The topological polar surface area (TPSA) is 94.0 Å². The van der Waals surface area contributed by atoms with E-state index in [1.54, 1.807) is 42.6 Å². The van der Waals surface area contributed by atoms with Gasteiger partial charge in [0.25, 0.3) is 11.8 Å². The number of hydrogen-bond donors (Lipinski definition) is 3. The van der Waals surface area contributed by atoms with E-state index in [4.69, 9.17) is 23.2 Å². The fraction of sp³-hybridized carbons (Fsp3) is 0.261. The largest absolute Gasteiger partial charge is 0.506 e. The van der Waals surface area contributed by atoms with Crippen molar-refractivity contribution in [2.24, 2.45) is 5.10 Å². The van der Waals surface area contributed by atoms with E-state index < -0.39 is 5.91 Å². The Bertz CT molecular complexity index is 1250. The fourth-order valence-electron chi connectivity index (χ4n) is 3.49. The summed E-state index contributed by atoms with van der Waals surface area (Å²) in [7, 11) is 0. The van der Waals surface area contributed by atoms with Crippen molar-refractivity contribution in [3.8, 4) is 16.2 Å². The number of thiophene rings is 2. The highest BCUT2D eigenvalue weighted by molar-refractivity contribution is 7.16. The number of rotatable bonds is 6. The molecular weight excluding hydrogens is 515 g/mol. The summed E-state index contributed by atoms with van der Waals surface area (Å²) in [6, 6.07) is 8.35. The van der Waals surface area contributed by atoms with E-state index in [9.17, 15) is 14.7 Å². The highest BCUT2D eigenvalue weighted by Gasteiger charge is 2.19. The Morgan fingerprint density at radius 3 is 2.44 bits per heavy atom. The molecule has 0 spiro atoms. The van der Waals surface area contributed by atoms with E-state index in [0.717, 1.165) is 42.8 Å². The van der Waals surface area contributed by atoms with Gasteiger partial charge in [0.1, 0.15) is 5.75 Å². The van der Waals surface area contributed by atoms with Crippen molar-refractivity contribution in [1.29, 1.82) is 0 Å². The molecule has 0 atom stereocenters. The van der Waals surface area contributed by atoms with Crippen molar-refractivity contribution < 1.29 is 14.7 Å². The van der Waals surface area contributed by atoms with Gasteiger partial charge in [-0.3, -0.25) is 15.0 Å². The zero-order valence-electron chi connectivity index (χ0n) is 18.2. The Balaban J connectivity index is 1.41. The van der Waals surface area contributed by atoms with Crippen LogP contribution in [-0.4, -0.2) is 40.7 Å². The summed E-state index contributed by atoms with van der Waals surface area (Å²) in [6.45, 7) is 3.36. The number of hydrazone groups is 1. The van der Waals surface area contributed by atoms with Crippen molar-refractivity contribution >= 4 is 63.4 Å². The van der Waals surface area contributed by atoms with Crippen LogP contribution in [0.4, 0.5) is 0 Å². The first-order valence-electron chi connectivity index (χ1n) is 10.6. The summed E-state index contributed by atoms with van der Waals surface area (Å²) in [6.07, 6.45) is 3.30. The monoisotopic (exact) mass is 536 g/mol. The molecule has 11 heteroatoms. The van der Waals surface area contributed by atoms with Gasteiger partial charge in [-0.25, -0.2) is 10.4 Å². The van der Waals surface area contributed by atoms with Crippen LogP contribution < -0.4 is 10.9 Å². The second-order valence-electron chi connectivity index (χ2n) is 7.75. The standard InChI is InChI=1S/C23H22Cl2N4O3S2/c1-13(15-12-33-21(20(15)30)14-5-6-16(24)17(25)11-14)26-27-22(31)18-7-8-19(34-18)23(32)28-29-9-3-2-4-10-29/h5-8,11-12,30H,2-4,9-10H2,1H3,(H,27,31)(H,28,32)/b26-13-. The van der Waals surface area contributed by atoms with Crippen LogP contribution in [0.1, 0.15) is 51.1 Å². The van der Waals surface area contributed by atoms with E-state index in [1.165, 1.54) is 17.8 Å². The van der Waals surface area contributed by atoms with Gasteiger partial charge in [-0.1, -0.05) is 35.7 Å². The van der Waals surface area contributed by atoms with E-state index in [-0.39, 0.29) is 11.7 Å². The summed E-state index contributed by atoms with van der Waals surface area (Å²) in [5.41, 5.74) is 7.05. The maximum atomic E-state index is 12.6. The molecular formula is C23H22Cl2N4O3S2. The van der Waals surface area contributed by atoms with E-state index in [2.05, 4.69) is 16.0 Å². The second kappa shape index (κ2) is 10.9. The lowest BCUT2D eigenvalue weighted by molar-refractivity contribution is 0.0754. The van der Waals surface area contributed by atoms with Gasteiger partial charge in [-0.15, -0.1) is 22.7 Å². The maximum absolute atomic E-state index is 12.6. The minimum Gasteiger partial charge on any atom is -0.506 e. The number of carbonyl (C=O) groups excluding carboxylic acids is 2. The molecule has 0 radical (unpaired) electrons. The van der Waals surface area contributed by atoms with Gasteiger partial charge in [0.05, 0.1) is 36.0 Å². The number of amides is 2. The molecule has 0 bridgehead atoms. The Morgan fingerprint density at radius 1 is 1.03 bits per heavy atom. The molecule has 0 saturated carbocycles. The molecule has 1 saturated heterocycles. The lowest BCUT2D eigenvalue weighted by Crippen LogP contribution is -2.44. The normalized spacial score (nSPS) is 14.7. The zero-order valence-corrected chi connectivity index (χ0v) is 21.4. The highest BCUT2D eigenvalue weighted by Crippen LogP contribution is 2.40. The number of hydrazine groups is 1. The number of nitrogens with one attached hydrogen (secondary N) is 2. The summed E-state index contributed by atoms with van der Waals surface area (Å²) < 4.78 is 0. The lowest BCUT2D eigenvalue weighted by atomic mass is 10.1. The van der Waals surface area contributed by atoms with Crippen LogP contribution in [0, 0.1) is 0 Å². The van der Waals surface area contributed by atoms with Crippen molar-refractivity contribution in [2.75, 3.05) is 13.1 Å². The molecule has 0 aliphatic carbocycles. The van der Waals surface area contributed by atoms with Crippen LogP contribution in [0.5, 0.6) is 5.75 Å². The van der Waals surface area contributed by atoms with Gasteiger partial charge in [-0.2, -0.15) is 5.10 Å². The molecule has 1 aromatic carbocycles. The number of aromatic hydroxyl groups is 1. The molecule has 1 fully saturated rings. The van der Waals surface area contributed by atoms with Crippen LogP contribution in [0.25, 0.3) is 10.4 Å². The first kappa shape index (κ1) is 24.7. The molecule has 1 aliphatic heterocycles. The van der Waals surface area contributed by atoms with E-state index >= 15 is 0 Å². The van der Waals surface area contributed by atoms with Crippen LogP contribution in [-0.2, 0) is 0 Å². The molecule has 4 rings (SSSR count). The summed E-state index contributed by atoms with van der Waals surface area (Å²) in [5, 5.41) is 19.3. The molecule has 7 nitrogen and oxygen atoms in total. The Morgan fingerprint density at radius 2 is 1.74 bits per heavy atom. The number of benzene rings is 1. The first-order valence-corrected chi connectivity index (χ1v) is 13.1. The minimum absolute atomic E-state index is 0.0479. The Hall–Kier alpha value is -2.43. The van der Waals surface area contributed by atoms with Crippen LogP contribution >= 0.6 is 45.9 Å².